The second kappa shape index (κ2) is 8.72. The summed E-state index contributed by atoms with van der Waals surface area (Å²) in [7, 11) is 1.62. The summed E-state index contributed by atoms with van der Waals surface area (Å²) < 4.78 is 0. The monoisotopic (exact) mass is 278 g/mol. The lowest BCUT2D eigenvalue weighted by molar-refractivity contribution is 0.0963. The number of hydrogen-bond acceptors (Lipinski definition) is 3. The fourth-order valence-electron chi connectivity index (χ4n) is 2.28. The van der Waals surface area contributed by atoms with Crippen LogP contribution in [0.4, 0.5) is 0 Å². The minimum atomic E-state index is -0.296. The smallest absolute Gasteiger partial charge is 0.251 e. The third-order valence-corrected chi connectivity index (χ3v) is 3.72. The molecule has 3 N–H and O–H groups in total. The van der Waals surface area contributed by atoms with Crippen LogP contribution < -0.4 is 10.6 Å². The highest BCUT2D eigenvalue weighted by Gasteiger charge is 2.14. The Labute approximate surface area is 121 Å². The van der Waals surface area contributed by atoms with Crippen molar-refractivity contribution in [1.82, 2.24) is 10.6 Å². The van der Waals surface area contributed by atoms with Crippen molar-refractivity contribution in [2.45, 2.75) is 39.3 Å². The summed E-state index contributed by atoms with van der Waals surface area (Å²) in [4.78, 5) is 11.4. The predicted octanol–water partition coefficient (Wildman–Crippen LogP) is 1.93. The number of benzene rings is 1. The highest BCUT2D eigenvalue weighted by atomic mass is 16.3. The maximum absolute atomic E-state index is 11.4. The molecule has 0 aliphatic heterocycles. The van der Waals surface area contributed by atoms with Gasteiger partial charge in [-0.1, -0.05) is 38.8 Å². The Morgan fingerprint density at radius 1 is 1.20 bits per heavy atom. The van der Waals surface area contributed by atoms with E-state index in [1.165, 1.54) is 0 Å². The fourth-order valence-corrected chi connectivity index (χ4v) is 2.28. The summed E-state index contributed by atoms with van der Waals surface area (Å²) in [5.74, 6) is 0.284. The molecule has 4 nitrogen and oxygen atoms in total. The Morgan fingerprint density at radius 2 is 1.80 bits per heavy atom. The van der Waals surface area contributed by atoms with Crippen LogP contribution in [-0.2, 0) is 6.54 Å². The van der Waals surface area contributed by atoms with Gasteiger partial charge < -0.3 is 15.7 Å². The van der Waals surface area contributed by atoms with Crippen molar-refractivity contribution in [2.24, 2.45) is 5.92 Å². The predicted molar refractivity (Wildman–Crippen MR) is 81.6 cm³/mol. The first kappa shape index (κ1) is 16.7. The number of aliphatic hydroxyl groups excluding tert-OH is 1. The third-order valence-electron chi connectivity index (χ3n) is 3.72. The molecular weight excluding hydrogens is 252 g/mol. The van der Waals surface area contributed by atoms with E-state index < -0.39 is 0 Å². The molecular formula is C16H26N2O2. The molecule has 0 spiro atoms. The quantitative estimate of drug-likeness (QED) is 0.681. The first-order valence-electron chi connectivity index (χ1n) is 7.32. The molecule has 1 amide bonds. The lowest BCUT2D eigenvalue weighted by atomic mass is 9.96. The summed E-state index contributed by atoms with van der Waals surface area (Å²) in [6.07, 6.45) is 1.70. The Hall–Kier alpha value is -1.39. The van der Waals surface area contributed by atoms with Crippen LogP contribution >= 0.6 is 0 Å². The number of hydrogen-bond donors (Lipinski definition) is 3. The van der Waals surface area contributed by atoms with E-state index in [4.69, 9.17) is 0 Å². The van der Waals surface area contributed by atoms with E-state index in [1.807, 2.05) is 24.3 Å². The molecule has 0 saturated carbocycles. The van der Waals surface area contributed by atoms with Crippen LogP contribution in [0.1, 0.15) is 42.6 Å². The normalized spacial score (nSPS) is 12.4. The second-order valence-corrected chi connectivity index (χ2v) is 5.05. The van der Waals surface area contributed by atoms with Gasteiger partial charge in [0.25, 0.3) is 5.91 Å². The molecule has 0 bridgehead atoms. The van der Waals surface area contributed by atoms with E-state index in [9.17, 15) is 9.90 Å². The minimum absolute atomic E-state index is 0.0753. The summed E-state index contributed by atoms with van der Waals surface area (Å²) >= 11 is 0. The SMILES string of the molecule is CCC(CC)C(O)CNCc1ccc(C(=O)NC)cc1. The Bertz CT molecular complexity index is 399. The van der Waals surface area contributed by atoms with Gasteiger partial charge in [-0.25, -0.2) is 0 Å². The van der Waals surface area contributed by atoms with Crippen LogP contribution in [0.25, 0.3) is 0 Å². The molecule has 1 aromatic carbocycles. The van der Waals surface area contributed by atoms with Crippen LogP contribution in [0.3, 0.4) is 0 Å². The average Bonchev–Trinajstić information content (AvgIpc) is 2.48. The standard InChI is InChI=1S/C16H26N2O2/c1-4-13(5-2)15(19)11-18-10-12-6-8-14(9-7-12)16(20)17-3/h6-9,13,15,18-19H,4-5,10-11H2,1-3H3,(H,17,20). The minimum Gasteiger partial charge on any atom is -0.392 e. The first-order chi connectivity index (χ1) is 9.62. The van der Waals surface area contributed by atoms with Gasteiger partial charge in [0.1, 0.15) is 0 Å². The molecule has 4 heteroatoms. The van der Waals surface area contributed by atoms with Crippen molar-refractivity contribution < 1.29 is 9.90 Å². The van der Waals surface area contributed by atoms with E-state index in [2.05, 4.69) is 24.5 Å². The summed E-state index contributed by atoms with van der Waals surface area (Å²) in [6, 6.07) is 7.49. The number of nitrogens with one attached hydrogen (secondary N) is 2. The highest BCUT2D eigenvalue weighted by Crippen LogP contribution is 2.12. The van der Waals surface area contributed by atoms with Crippen molar-refractivity contribution in [2.75, 3.05) is 13.6 Å². The Balaban J connectivity index is 2.40. The van der Waals surface area contributed by atoms with Gasteiger partial charge in [-0.2, -0.15) is 0 Å². The zero-order valence-electron chi connectivity index (χ0n) is 12.6. The molecule has 1 aromatic rings. The van der Waals surface area contributed by atoms with Crippen molar-refractivity contribution in [3.8, 4) is 0 Å². The number of carbonyl (C=O) groups is 1. The maximum atomic E-state index is 11.4. The summed E-state index contributed by atoms with van der Waals surface area (Å²) in [5, 5.41) is 15.9. The molecule has 1 rings (SSSR count). The molecule has 0 radical (unpaired) electrons. The number of amides is 1. The summed E-state index contributed by atoms with van der Waals surface area (Å²) in [6.45, 7) is 5.51. The zero-order valence-corrected chi connectivity index (χ0v) is 12.6. The van der Waals surface area contributed by atoms with Crippen LogP contribution in [0.2, 0.25) is 0 Å². The van der Waals surface area contributed by atoms with Gasteiger partial charge in [0, 0.05) is 25.7 Å². The van der Waals surface area contributed by atoms with E-state index in [-0.39, 0.29) is 12.0 Å². The molecule has 1 unspecified atom stereocenters. The van der Waals surface area contributed by atoms with Crippen LogP contribution in [0.15, 0.2) is 24.3 Å². The molecule has 1 atom stereocenters. The topological polar surface area (TPSA) is 61.4 Å². The van der Waals surface area contributed by atoms with Crippen LogP contribution in [-0.4, -0.2) is 30.7 Å². The van der Waals surface area contributed by atoms with E-state index in [0.29, 0.717) is 24.6 Å². The van der Waals surface area contributed by atoms with E-state index >= 15 is 0 Å². The van der Waals surface area contributed by atoms with Crippen LogP contribution in [0.5, 0.6) is 0 Å². The molecule has 0 aliphatic rings. The van der Waals surface area contributed by atoms with Gasteiger partial charge in [-0.05, 0) is 23.6 Å². The maximum Gasteiger partial charge on any atom is 0.251 e. The van der Waals surface area contributed by atoms with E-state index in [1.54, 1.807) is 7.05 Å². The number of rotatable bonds is 8. The fraction of sp³-hybridized carbons (Fsp3) is 0.562. The number of carbonyl (C=O) groups excluding carboxylic acids is 1. The molecule has 0 aliphatic carbocycles. The Kier molecular flexibility index (Phi) is 7.26. The van der Waals surface area contributed by atoms with Gasteiger partial charge >= 0.3 is 0 Å². The Morgan fingerprint density at radius 3 is 2.30 bits per heavy atom. The zero-order chi connectivity index (χ0) is 15.0. The van der Waals surface area contributed by atoms with Crippen molar-refractivity contribution in [3.05, 3.63) is 35.4 Å². The second-order valence-electron chi connectivity index (χ2n) is 5.05. The molecule has 0 fully saturated rings. The van der Waals surface area contributed by atoms with Gasteiger partial charge in [0.05, 0.1) is 6.10 Å². The number of aliphatic hydroxyl groups is 1. The lowest BCUT2D eigenvalue weighted by Crippen LogP contribution is -2.32. The molecule has 0 saturated heterocycles. The van der Waals surface area contributed by atoms with E-state index in [0.717, 1.165) is 18.4 Å². The molecule has 0 heterocycles. The van der Waals surface area contributed by atoms with Gasteiger partial charge in [0.15, 0.2) is 0 Å². The molecule has 20 heavy (non-hydrogen) atoms. The largest absolute Gasteiger partial charge is 0.392 e. The van der Waals surface area contributed by atoms with Crippen LogP contribution in [0, 0.1) is 5.92 Å². The molecule has 112 valence electrons. The van der Waals surface area contributed by atoms with Gasteiger partial charge in [0.2, 0.25) is 0 Å². The van der Waals surface area contributed by atoms with Crippen molar-refractivity contribution >= 4 is 5.91 Å². The first-order valence-corrected chi connectivity index (χ1v) is 7.32. The highest BCUT2D eigenvalue weighted by molar-refractivity contribution is 5.93. The molecule has 0 aromatic heterocycles. The summed E-state index contributed by atoms with van der Waals surface area (Å²) in [5.41, 5.74) is 1.77. The van der Waals surface area contributed by atoms with Crippen molar-refractivity contribution in [3.63, 3.8) is 0 Å². The van der Waals surface area contributed by atoms with Crippen molar-refractivity contribution in [1.29, 1.82) is 0 Å². The third kappa shape index (κ3) is 4.94. The average molecular weight is 278 g/mol. The van der Waals surface area contributed by atoms with Gasteiger partial charge in [-0.3, -0.25) is 4.79 Å². The van der Waals surface area contributed by atoms with Gasteiger partial charge in [-0.15, -0.1) is 0 Å². The lowest BCUT2D eigenvalue weighted by Gasteiger charge is -2.20.